The molecule has 0 spiro atoms. The zero-order valence-electron chi connectivity index (χ0n) is 16.0. The summed E-state index contributed by atoms with van der Waals surface area (Å²) < 4.78 is 0.842. The molecule has 0 aliphatic heterocycles. The van der Waals surface area contributed by atoms with Crippen LogP contribution in [0.4, 0.5) is 17.3 Å². The number of pyridine rings is 1. The van der Waals surface area contributed by atoms with Gasteiger partial charge in [-0.1, -0.05) is 12.0 Å². The van der Waals surface area contributed by atoms with Crippen molar-refractivity contribution in [2.75, 3.05) is 31.3 Å². The molecule has 0 radical (unpaired) electrons. The largest absolute Gasteiger partial charge is 0.340 e. The predicted octanol–water partition coefficient (Wildman–Crippen LogP) is 3.57. The number of carbonyl (C=O) groups is 1. The number of amides is 1. The number of terminal acetylenes is 1. The van der Waals surface area contributed by atoms with Crippen molar-refractivity contribution in [1.82, 2.24) is 19.9 Å². The lowest BCUT2D eigenvalue weighted by Gasteiger charge is -2.10. The molecule has 29 heavy (non-hydrogen) atoms. The van der Waals surface area contributed by atoms with Gasteiger partial charge in [-0.3, -0.25) is 4.79 Å². The maximum absolute atomic E-state index is 12.1. The number of anilines is 3. The highest BCUT2D eigenvalue weighted by Gasteiger charge is 2.09. The van der Waals surface area contributed by atoms with E-state index in [-0.39, 0.29) is 5.91 Å². The first kappa shape index (κ1) is 20.5. The molecule has 0 bridgehead atoms. The van der Waals surface area contributed by atoms with Crippen molar-refractivity contribution in [2.24, 2.45) is 0 Å². The van der Waals surface area contributed by atoms with Gasteiger partial charge in [-0.25, -0.2) is 15.0 Å². The molecule has 1 amide bonds. The summed E-state index contributed by atoms with van der Waals surface area (Å²) in [7, 11) is 3.86. The minimum absolute atomic E-state index is 0.253. The van der Waals surface area contributed by atoms with Gasteiger partial charge in [0.05, 0.1) is 11.7 Å². The van der Waals surface area contributed by atoms with Crippen molar-refractivity contribution in [2.45, 2.75) is 0 Å². The lowest BCUT2D eigenvalue weighted by molar-refractivity contribution is -0.111. The molecule has 7 nitrogen and oxygen atoms in total. The molecule has 0 fully saturated rings. The third-order valence-electron chi connectivity index (χ3n) is 3.90. The monoisotopic (exact) mass is 450 g/mol. The lowest BCUT2D eigenvalue weighted by atomic mass is 10.2. The fourth-order valence-electron chi connectivity index (χ4n) is 2.52. The molecule has 3 rings (SSSR count). The summed E-state index contributed by atoms with van der Waals surface area (Å²) >= 11 is 3.42. The maximum atomic E-state index is 12.1. The summed E-state index contributed by atoms with van der Waals surface area (Å²) in [5.41, 5.74) is 2.17. The molecule has 0 atom stereocenters. The van der Waals surface area contributed by atoms with Crippen LogP contribution in [0.15, 0.2) is 53.4 Å². The smallest absolute Gasteiger partial charge is 0.249 e. The number of hydrogen-bond acceptors (Lipinski definition) is 6. The Balaban J connectivity index is 1.86. The fraction of sp³-hybridized carbons (Fsp3) is 0.143. The predicted molar refractivity (Wildman–Crippen MR) is 119 cm³/mol. The summed E-state index contributed by atoms with van der Waals surface area (Å²) in [5, 5.41) is 6.72. The van der Waals surface area contributed by atoms with E-state index in [1.165, 1.54) is 12.4 Å². The Morgan fingerprint density at radius 2 is 2.10 bits per heavy atom. The average Bonchev–Trinajstić information content (AvgIpc) is 2.69. The van der Waals surface area contributed by atoms with Crippen LogP contribution in [-0.2, 0) is 4.79 Å². The van der Waals surface area contributed by atoms with Crippen LogP contribution in [0.25, 0.3) is 10.9 Å². The van der Waals surface area contributed by atoms with Crippen molar-refractivity contribution in [3.63, 3.8) is 0 Å². The zero-order chi connectivity index (χ0) is 20.8. The molecular weight excluding hydrogens is 432 g/mol. The van der Waals surface area contributed by atoms with E-state index in [0.29, 0.717) is 23.7 Å². The topological polar surface area (TPSA) is 83.0 Å². The molecule has 2 aromatic heterocycles. The molecule has 0 aliphatic carbocycles. The van der Waals surface area contributed by atoms with Gasteiger partial charge < -0.3 is 15.5 Å². The first-order chi connectivity index (χ1) is 14.0. The second kappa shape index (κ2) is 9.28. The normalized spacial score (nSPS) is 11.0. The van der Waals surface area contributed by atoms with E-state index < -0.39 is 0 Å². The van der Waals surface area contributed by atoms with Crippen LogP contribution in [0.3, 0.4) is 0 Å². The third kappa shape index (κ3) is 5.38. The Morgan fingerprint density at radius 1 is 1.28 bits per heavy atom. The first-order valence-electron chi connectivity index (χ1n) is 8.72. The van der Waals surface area contributed by atoms with Gasteiger partial charge in [-0.2, -0.15) is 0 Å². The van der Waals surface area contributed by atoms with Gasteiger partial charge in [0.1, 0.15) is 18.0 Å². The number of nitrogens with zero attached hydrogens (tertiary/aromatic N) is 4. The number of rotatable bonds is 6. The van der Waals surface area contributed by atoms with Gasteiger partial charge in [0.15, 0.2) is 0 Å². The highest BCUT2D eigenvalue weighted by atomic mass is 79.9. The molecule has 0 saturated heterocycles. The highest BCUT2D eigenvalue weighted by molar-refractivity contribution is 9.10. The summed E-state index contributed by atoms with van der Waals surface area (Å²) in [6, 6.07) is 7.33. The van der Waals surface area contributed by atoms with Gasteiger partial charge in [-0.15, -0.1) is 6.42 Å². The number of benzene rings is 1. The number of hydrogen-bond donors (Lipinski definition) is 2. The number of halogens is 1. The lowest BCUT2D eigenvalue weighted by Crippen LogP contribution is -2.13. The fourth-order valence-corrected chi connectivity index (χ4v) is 2.88. The third-order valence-corrected chi connectivity index (χ3v) is 4.59. The molecule has 1 aromatic carbocycles. The van der Waals surface area contributed by atoms with Crippen LogP contribution in [0.2, 0.25) is 0 Å². The summed E-state index contributed by atoms with van der Waals surface area (Å²) in [5.74, 6) is 3.37. The Bertz CT molecular complexity index is 1120. The maximum Gasteiger partial charge on any atom is 0.249 e. The van der Waals surface area contributed by atoms with E-state index in [0.717, 1.165) is 21.1 Å². The van der Waals surface area contributed by atoms with Gasteiger partial charge in [0.2, 0.25) is 5.91 Å². The summed E-state index contributed by atoms with van der Waals surface area (Å²) in [6.07, 6.45) is 11.8. The molecule has 0 aliphatic rings. The van der Waals surface area contributed by atoms with Crippen LogP contribution < -0.4 is 10.6 Å². The summed E-state index contributed by atoms with van der Waals surface area (Å²) in [6.45, 7) is 0.674. The minimum Gasteiger partial charge on any atom is -0.340 e. The SMILES string of the molecule is C#Cc1cc(Nc2ncnc3cnc(NC(=O)/C=C/CN(C)C)cc23)ccc1Br. The Hall–Kier alpha value is -3.28. The number of fused-ring (bicyclic) bond motifs is 1. The molecule has 8 heteroatoms. The van der Waals surface area contributed by atoms with Crippen LogP contribution >= 0.6 is 15.9 Å². The van der Waals surface area contributed by atoms with Crippen LogP contribution in [0.1, 0.15) is 5.56 Å². The van der Waals surface area contributed by atoms with Crippen LogP contribution in [0, 0.1) is 12.3 Å². The number of likely N-dealkylation sites (N-methyl/N-ethyl adjacent to an activating group) is 1. The zero-order valence-corrected chi connectivity index (χ0v) is 17.6. The summed E-state index contributed by atoms with van der Waals surface area (Å²) in [4.78, 5) is 26.9. The Morgan fingerprint density at radius 3 is 2.86 bits per heavy atom. The van der Waals surface area contributed by atoms with Crippen LogP contribution in [0.5, 0.6) is 0 Å². The molecule has 146 valence electrons. The van der Waals surface area contributed by atoms with E-state index >= 15 is 0 Å². The molecule has 2 heterocycles. The Kier molecular flexibility index (Phi) is 6.54. The molecule has 2 N–H and O–H groups in total. The first-order valence-corrected chi connectivity index (χ1v) is 9.52. The van der Waals surface area contributed by atoms with E-state index in [1.807, 2.05) is 37.2 Å². The van der Waals surface area contributed by atoms with Gasteiger partial charge in [0, 0.05) is 33.7 Å². The molecule has 0 unspecified atom stereocenters. The number of aromatic nitrogens is 3. The number of carbonyl (C=O) groups excluding carboxylic acids is 1. The van der Waals surface area contributed by atoms with Crippen molar-refractivity contribution >= 4 is 50.1 Å². The van der Waals surface area contributed by atoms with Crippen molar-refractivity contribution in [3.05, 3.63) is 59.0 Å². The van der Waals surface area contributed by atoms with Crippen molar-refractivity contribution in [3.8, 4) is 12.3 Å². The standard InChI is InChI=1S/C21H19BrN6O/c1-4-14-10-15(7-8-17(14)22)26-21-16-11-19(23-12-18(16)24-13-25-21)27-20(29)6-5-9-28(2)3/h1,5-8,10-13H,9H2,2-3H3,(H,23,27,29)(H,24,25,26)/b6-5+. The second-order valence-corrected chi connectivity index (χ2v) is 7.28. The average molecular weight is 451 g/mol. The molecule has 3 aromatic rings. The van der Waals surface area contributed by atoms with Gasteiger partial charge in [0.25, 0.3) is 0 Å². The second-order valence-electron chi connectivity index (χ2n) is 6.43. The van der Waals surface area contributed by atoms with E-state index in [2.05, 4.69) is 47.4 Å². The Labute approximate surface area is 177 Å². The van der Waals surface area contributed by atoms with Crippen LogP contribution in [-0.4, -0.2) is 46.4 Å². The van der Waals surface area contributed by atoms with Gasteiger partial charge in [-0.05, 0) is 54.3 Å². The minimum atomic E-state index is -0.253. The molecular formula is C21H19BrN6O. The van der Waals surface area contributed by atoms with Crippen molar-refractivity contribution in [1.29, 1.82) is 0 Å². The van der Waals surface area contributed by atoms with E-state index in [4.69, 9.17) is 6.42 Å². The van der Waals surface area contributed by atoms with Gasteiger partial charge >= 0.3 is 0 Å². The van der Waals surface area contributed by atoms with E-state index in [1.54, 1.807) is 18.3 Å². The number of nitrogens with one attached hydrogen (secondary N) is 2. The quantitative estimate of drug-likeness (QED) is 0.441. The molecule has 0 saturated carbocycles. The van der Waals surface area contributed by atoms with Crippen molar-refractivity contribution < 1.29 is 4.79 Å². The van der Waals surface area contributed by atoms with E-state index in [9.17, 15) is 4.79 Å². The highest BCUT2D eigenvalue weighted by Crippen LogP contribution is 2.26.